The van der Waals surface area contributed by atoms with E-state index in [1.54, 1.807) is 11.3 Å². The molecule has 1 aromatic heterocycles. The maximum Gasteiger partial charge on any atom is 0.249 e. The summed E-state index contributed by atoms with van der Waals surface area (Å²) in [6.07, 6.45) is 4.21. The first-order valence-electron chi connectivity index (χ1n) is 7.69. The fraction of sp³-hybridized carbons (Fsp3) is 0.625. The molecule has 1 N–H and O–H groups in total. The van der Waals surface area contributed by atoms with E-state index in [9.17, 15) is 9.59 Å². The third-order valence-corrected chi connectivity index (χ3v) is 5.99. The Bertz CT molecular complexity index is 549. The van der Waals surface area contributed by atoms with Crippen LogP contribution in [0.25, 0.3) is 0 Å². The third kappa shape index (κ3) is 2.18. The second-order valence-corrected chi connectivity index (χ2v) is 7.37. The highest BCUT2D eigenvalue weighted by molar-refractivity contribution is 7.09. The lowest BCUT2D eigenvalue weighted by Crippen LogP contribution is -2.73. The van der Waals surface area contributed by atoms with E-state index in [1.165, 1.54) is 0 Å². The van der Waals surface area contributed by atoms with E-state index in [4.69, 9.17) is 0 Å². The van der Waals surface area contributed by atoms with Crippen LogP contribution >= 0.6 is 11.3 Å². The van der Waals surface area contributed by atoms with Crippen molar-refractivity contribution in [3.63, 3.8) is 0 Å². The van der Waals surface area contributed by atoms with E-state index in [2.05, 4.69) is 5.32 Å². The van der Waals surface area contributed by atoms with Crippen molar-refractivity contribution >= 4 is 23.2 Å². The third-order valence-electron chi connectivity index (χ3n) is 5.13. The summed E-state index contributed by atoms with van der Waals surface area (Å²) in [5, 5.41) is 5.08. The minimum absolute atomic E-state index is 0.00283. The molecule has 1 aliphatic heterocycles. The van der Waals surface area contributed by atoms with E-state index in [0.717, 1.165) is 30.6 Å². The molecule has 2 fully saturated rings. The van der Waals surface area contributed by atoms with Gasteiger partial charge in [0.05, 0.1) is 6.54 Å². The second-order valence-electron chi connectivity index (χ2n) is 6.34. The van der Waals surface area contributed by atoms with Crippen LogP contribution in [0.3, 0.4) is 0 Å². The summed E-state index contributed by atoms with van der Waals surface area (Å²) in [5.41, 5.74) is -1.38. The number of rotatable bonds is 3. The van der Waals surface area contributed by atoms with E-state index in [0.29, 0.717) is 13.0 Å². The van der Waals surface area contributed by atoms with Gasteiger partial charge in [-0.05, 0) is 37.6 Å². The SMILES string of the molecule is CCC1(C)C(=O)NC2(CCCC2)C(=O)N1Cc1cccs1. The highest BCUT2D eigenvalue weighted by Gasteiger charge is 2.56. The fourth-order valence-corrected chi connectivity index (χ4v) is 4.18. The first kappa shape index (κ1) is 14.6. The van der Waals surface area contributed by atoms with Crippen LogP contribution in [0.15, 0.2) is 17.5 Å². The van der Waals surface area contributed by atoms with E-state index < -0.39 is 11.1 Å². The number of carbonyl (C=O) groups excluding carboxylic acids is 2. The minimum Gasteiger partial charge on any atom is -0.340 e. The van der Waals surface area contributed by atoms with Gasteiger partial charge in [-0.3, -0.25) is 9.59 Å². The molecule has 0 aromatic carbocycles. The molecule has 2 heterocycles. The molecule has 1 unspecified atom stereocenters. The zero-order valence-electron chi connectivity index (χ0n) is 12.6. The Morgan fingerprint density at radius 3 is 2.62 bits per heavy atom. The zero-order valence-corrected chi connectivity index (χ0v) is 13.5. The predicted octanol–water partition coefficient (Wildman–Crippen LogP) is 2.69. The molecule has 3 rings (SSSR count). The van der Waals surface area contributed by atoms with Gasteiger partial charge >= 0.3 is 0 Å². The average molecular weight is 306 g/mol. The number of nitrogens with one attached hydrogen (secondary N) is 1. The smallest absolute Gasteiger partial charge is 0.249 e. The molecule has 114 valence electrons. The average Bonchev–Trinajstić information content (AvgIpc) is 3.14. The maximum atomic E-state index is 13.1. The summed E-state index contributed by atoms with van der Waals surface area (Å²) in [7, 11) is 0. The van der Waals surface area contributed by atoms with E-state index >= 15 is 0 Å². The van der Waals surface area contributed by atoms with E-state index in [-0.39, 0.29) is 11.8 Å². The predicted molar refractivity (Wildman–Crippen MR) is 82.9 cm³/mol. The topological polar surface area (TPSA) is 49.4 Å². The van der Waals surface area contributed by atoms with Crippen molar-refractivity contribution in [2.75, 3.05) is 0 Å². The quantitative estimate of drug-likeness (QED) is 0.933. The molecule has 2 amide bonds. The Morgan fingerprint density at radius 2 is 2.05 bits per heavy atom. The first-order chi connectivity index (χ1) is 10.0. The Hall–Kier alpha value is -1.36. The summed E-state index contributed by atoms with van der Waals surface area (Å²) >= 11 is 1.64. The van der Waals surface area contributed by atoms with Crippen molar-refractivity contribution in [1.29, 1.82) is 0 Å². The van der Waals surface area contributed by atoms with Crippen molar-refractivity contribution in [1.82, 2.24) is 10.2 Å². The van der Waals surface area contributed by atoms with Crippen molar-refractivity contribution in [3.8, 4) is 0 Å². The van der Waals surface area contributed by atoms with Crippen LogP contribution in [-0.4, -0.2) is 27.8 Å². The van der Waals surface area contributed by atoms with Gasteiger partial charge in [0.15, 0.2) is 0 Å². The Morgan fingerprint density at radius 1 is 1.33 bits per heavy atom. The zero-order chi connectivity index (χ0) is 15.1. The van der Waals surface area contributed by atoms with Crippen LogP contribution in [0, 0.1) is 0 Å². The van der Waals surface area contributed by atoms with E-state index in [1.807, 2.05) is 36.3 Å². The van der Waals surface area contributed by atoms with Crippen LogP contribution in [0.4, 0.5) is 0 Å². The van der Waals surface area contributed by atoms with Crippen molar-refractivity contribution in [2.24, 2.45) is 0 Å². The summed E-state index contributed by atoms with van der Waals surface area (Å²) < 4.78 is 0. The summed E-state index contributed by atoms with van der Waals surface area (Å²) in [5.74, 6) is 0.111. The maximum absolute atomic E-state index is 13.1. The van der Waals surface area contributed by atoms with Gasteiger partial charge in [-0.1, -0.05) is 25.8 Å². The molecule has 2 aliphatic rings. The number of piperazine rings is 1. The Balaban J connectivity index is 1.97. The van der Waals surface area contributed by atoms with Gasteiger partial charge in [-0.25, -0.2) is 0 Å². The first-order valence-corrected chi connectivity index (χ1v) is 8.57. The second kappa shape index (κ2) is 5.13. The van der Waals surface area contributed by atoms with Crippen molar-refractivity contribution in [2.45, 2.75) is 63.6 Å². The summed E-state index contributed by atoms with van der Waals surface area (Å²) in [6, 6.07) is 4.02. The molecule has 21 heavy (non-hydrogen) atoms. The molecule has 0 bridgehead atoms. The van der Waals surface area contributed by atoms with Gasteiger partial charge < -0.3 is 10.2 Å². The number of hydrogen-bond donors (Lipinski definition) is 1. The molecule has 0 radical (unpaired) electrons. The summed E-state index contributed by atoms with van der Waals surface area (Å²) in [4.78, 5) is 28.8. The summed E-state index contributed by atoms with van der Waals surface area (Å²) in [6.45, 7) is 4.40. The normalized spacial score (nSPS) is 28.2. The lowest BCUT2D eigenvalue weighted by Gasteiger charge is -2.50. The molecule has 1 atom stereocenters. The van der Waals surface area contributed by atoms with Gasteiger partial charge in [0.1, 0.15) is 11.1 Å². The van der Waals surface area contributed by atoms with Crippen molar-refractivity contribution < 1.29 is 9.59 Å². The minimum atomic E-state index is -0.741. The largest absolute Gasteiger partial charge is 0.340 e. The Labute approximate surface area is 129 Å². The van der Waals surface area contributed by atoms with Gasteiger partial charge in [0.25, 0.3) is 0 Å². The molecule has 1 aliphatic carbocycles. The standard InChI is InChI=1S/C16H22N2O2S/c1-3-15(2)13(19)17-16(8-4-5-9-16)14(20)18(15)11-12-7-6-10-21-12/h6-7,10H,3-5,8-9,11H2,1-2H3,(H,17,19). The lowest BCUT2D eigenvalue weighted by molar-refractivity contribution is -0.163. The molecule has 1 saturated carbocycles. The number of thiophene rings is 1. The fourth-order valence-electron chi connectivity index (χ4n) is 3.48. The molecule has 1 saturated heterocycles. The highest BCUT2D eigenvalue weighted by Crippen LogP contribution is 2.39. The van der Waals surface area contributed by atoms with Gasteiger partial charge in [-0.2, -0.15) is 0 Å². The lowest BCUT2D eigenvalue weighted by atomic mass is 9.83. The number of amides is 2. The number of carbonyl (C=O) groups is 2. The van der Waals surface area contributed by atoms with Crippen molar-refractivity contribution in [3.05, 3.63) is 22.4 Å². The van der Waals surface area contributed by atoms with Crippen LogP contribution in [0.5, 0.6) is 0 Å². The molecule has 4 nitrogen and oxygen atoms in total. The molecule has 1 spiro atoms. The van der Waals surface area contributed by atoms with Crippen LogP contribution in [0.2, 0.25) is 0 Å². The highest BCUT2D eigenvalue weighted by atomic mass is 32.1. The van der Waals surface area contributed by atoms with Crippen LogP contribution in [0.1, 0.15) is 50.8 Å². The van der Waals surface area contributed by atoms with Crippen LogP contribution in [-0.2, 0) is 16.1 Å². The van der Waals surface area contributed by atoms with Gasteiger partial charge in [-0.15, -0.1) is 11.3 Å². The molecular weight excluding hydrogens is 284 g/mol. The van der Waals surface area contributed by atoms with Gasteiger partial charge in [0, 0.05) is 4.88 Å². The number of nitrogens with zero attached hydrogens (tertiary/aromatic N) is 1. The monoisotopic (exact) mass is 306 g/mol. The molecular formula is C16H22N2O2S. The van der Waals surface area contributed by atoms with Gasteiger partial charge in [0.2, 0.25) is 11.8 Å². The Kier molecular flexibility index (Phi) is 3.56. The molecule has 5 heteroatoms. The van der Waals surface area contributed by atoms with Crippen LogP contribution < -0.4 is 5.32 Å². The number of hydrogen-bond acceptors (Lipinski definition) is 3. The molecule has 1 aromatic rings.